The number of pyridine rings is 1. The molecule has 1 saturated heterocycles. The Bertz CT molecular complexity index is 1320. The molecule has 1 amide bonds. The minimum absolute atomic E-state index is 0.102. The summed E-state index contributed by atoms with van der Waals surface area (Å²) >= 11 is 0.534. The molecule has 0 unspecified atom stereocenters. The van der Waals surface area contributed by atoms with E-state index in [2.05, 4.69) is 4.98 Å². The lowest BCUT2D eigenvalue weighted by molar-refractivity contribution is -0.163. The summed E-state index contributed by atoms with van der Waals surface area (Å²) in [7, 11) is 0. The first-order valence-electron chi connectivity index (χ1n) is 11.7. The third kappa shape index (κ3) is 7.54. The molecule has 1 aliphatic heterocycles. The van der Waals surface area contributed by atoms with E-state index in [1.165, 1.54) is 23.1 Å². The first-order valence-corrected chi connectivity index (χ1v) is 12.5. The summed E-state index contributed by atoms with van der Waals surface area (Å²) in [4.78, 5) is 17.4. The minimum atomic E-state index is -5.34. The van der Waals surface area contributed by atoms with Crippen LogP contribution < -0.4 is 4.74 Å². The number of benzene rings is 2. The average Bonchev–Trinajstić information content (AvgIpc) is 2.91. The van der Waals surface area contributed by atoms with Gasteiger partial charge in [0.15, 0.2) is 0 Å². The van der Waals surface area contributed by atoms with E-state index in [1.807, 2.05) is 0 Å². The topological polar surface area (TPSA) is 51.7 Å². The Hall–Kier alpha value is -3.51. The van der Waals surface area contributed by atoms with E-state index >= 15 is 0 Å². The van der Waals surface area contributed by atoms with Gasteiger partial charge in [0.1, 0.15) is 12.4 Å². The maximum absolute atomic E-state index is 14.1. The normalized spacial score (nSPS) is 14.6. The van der Waals surface area contributed by atoms with Crippen LogP contribution in [0.3, 0.4) is 0 Å². The molecule has 0 N–H and O–H groups in total. The van der Waals surface area contributed by atoms with Crippen LogP contribution in [-0.2, 0) is 28.5 Å². The van der Waals surface area contributed by atoms with Crippen LogP contribution in [0, 0.1) is 0 Å². The number of carbonyl (C=O) groups excluding carboxylic acids is 1. The van der Waals surface area contributed by atoms with Crippen LogP contribution in [0.1, 0.15) is 22.4 Å². The van der Waals surface area contributed by atoms with Crippen molar-refractivity contribution < 1.29 is 40.6 Å². The van der Waals surface area contributed by atoms with Gasteiger partial charge in [-0.3, -0.25) is 9.78 Å². The van der Waals surface area contributed by atoms with Gasteiger partial charge in [-0.2, -0.15) is 26.3 Å². The number of rotatable bonds is 7. The van der Waals surface area contributed by atoms with Crippen molar-refractivity contribution >= 4 is 23.7 Å². The van der Waals surface area contributed by atoms with Gasteiger partial charge in [0.05, 0.1) is 30.0 Å². The van der Waals surface area contributed by atoms with Gasteiger partial charge >= 0.3 is 12.4 Å². The quantitative estimate of drug-likeness (QED) is 0.234. The second-order valence-electron chi connectivity index (χ2n) is 8.36. The molecule has 0 aliphatic carbocycles. The molecule has 0 bridgehead atoms. The number of halogens is 6. The summed E-state index contributed by atoms with van der Waals surface area (Å²) in [5, 5.41) is 0. The van der Waals surface area contributed by atoms with Crippen LogP contribution in [0.5, 0.6) is 5.75 Å². The summed E-state index contributed by atoms with van der Waals surface area (Å²) in [6.07, 6.45) is -7.45. The van der Waals surface area contributed by atoms with E-state index in [1.54, 1.807) is 30.5 Å². The molecule has 1 aliphatic rings. The SMILES string of the molecule is O=C(/C=C/c1ccc(Sc2cccc(OCc3ccccn3)c2)c(C(F)(F)F)c1C(F)(F)F)N1CCOCC1. The van der Waals surface area contributed by atoms with Crippen LogP contribution in [0.15, 0.2) is 76.7 Å². The maximum atomic E-state index is 14.1. The molecule has 206 valence electrons. The van der Waals surface area contributed by atoms with E-state index in [9.17, 15) is 31.1 Å². The number of hydrogen-bond acceptors (Lipinski definition) is 5. The first-order chi connectivity index (χ1) is 18.5. The van der Waals surface area contributed by atoms with Gasteiger partial charge in [-0.05, 0) is 48.0 Å². The monoisotopic (exact) mass is 568 g/mol. The number of amides is 1. The largest absolute Gasteiger partial charge is 0.487 e. The average molecular weight is 569 g/mol. The van der Waals surface area contributed by atoms with Crippen molar-refractivity contribution in [3.05, 3.63) is 89.3 Å². The van der Waals surface area contributed by atoms with Crippen LogP contribution in [0.25, 0.3) is 6.08 Å². The van der Waals surface area contributed by atoms with Gasteiger partial charge < -0.3 is 14.4 Å². The molecular formula is C27H22F6N2O3S. The van der Waals surface area contributed by atoms with Gasteiger partial charge in [-0.25, -0.2) is 0 Å². The molecule has 0 saturated carbocycles. The molecule has 5 nitrogen and oxygen atoms in total. The zero-order chi connectivity index (χ0) is 28.0. The lowest BCUT2D eigenvalue weighted by Crippen LogP contribution is -2.39. The van der Waals surface area contributed by atoms with Crippen molar-refractivity contribution in [2.45, 2.75) is 28.8 Å². The van der Waals surface area contributed by atoms with Crippen molar-refractivity contribution in [2.24, 2.45) is 0 Å². The van der Waals surface area contributed by atoms with Crippen molar-refractivity contribution in [2.75, 3.05) is 26.3 Å². The van der Waals surface area contributed by atoms with Gasteiger partial charge in [0, 0.05) is 35.2 Å². The van der Waals surface area contributed by atoms with E-state index in [0.29, 0.717) is 23.2 Å². The van der Waals surface area contributed by atoms with E-state index in [0.717, 1.165) is 24.3 Å². The standard InChI is InChI=1S/C27H22F6N2O3S/c28-26(29,30)24-18(8-10-23(36)35-12-14-37-15-13-35)7-9-22(25(24)27(31,32)33)39-21-6-3-5-20(16-21)38-17-19-4-1-2-11-34-19/h1-11,16H,12-15,17H2/b10-8+. The zero-order valence-corrected chi connectivity index (χ0v) is 21.1. The molecule has 0 atom stereocenters. The van der Waals surface area contributed by atoms with Crippen LogP contribution >= 0.6 is 11.8 Å². The van der Waals surface area contributed by atoms with Crippen LogP contribution in [0.2, 0.25) is 0 Å². The third-order valence-electron chi connectivity index (χ3n) is 5.64. The number of morpholine rings is 1. The number of alkyl halides is 6. The van der Waals surface area contributed by atoms with Gasteiger partial charge in [0.25, 0.3) is 0 Å². The Morgan fingerprint density at radius 1 is 0.974 bits per heavy atom. The minimum Gasteiger partial charge on any atom is -0.487 e. The third-order valence-corrected chi connectivity index (χ3v) is 6.69. The number of ether oxygens (including phenoxy) is 2. The van der Waals surface area contributed by atoms with Gasteiger partial charge in [0.2, 0.25) is 5.91 Å². The molecule has 39 heavy (non-hydrogen) atoms. The van der Waals surface area contributed by atoms with Crippen molar-refractivity contribution in [3.63, 3.8) is 0 Å². The number of nitrogens with zero attached hydrogens (tertiary/aromatic N) is 2. The van der Waals surface area contributed by atoms with Crippen LogP contribution in [-0.4, -0.2) is 42.1 Å². The Kier molecular flexibility index (Phi) is 8.86. The molecule has 1 fully saturated rings. The maximum Gasteiger partial charge on any atom is 0.418 e. The van der Waals surface area contributed by atoms with Crippen molar-refractivity contribution in [3.8, 4) is 5.75 Å². The molecule has 2 aromatic carbocycles. The Morgan fingerprint density at radius 3 is 2.38 bits per heavy atom. The fourth-order valence-electron chi connectivity index (χ4n) is 3.86. The van der Waals surface area contributed by atoms with E-state index < -0.39 is 39.8 Å². The van der Waals surface area contributed by atoms with E-state index in [4.69, 9.17) is 9.47 Å². The lowest BCUT2D eigenvalue weighted by Gasteiger charge is -2.25. The summed E-state index contributed by atoms with van der Waals surface area (Å²) in [6, 6.07) is 13.2. The highest BCUT2D eigenvalue weighted by Gasteiger charge is 2.46. The smallest absolute Gasteiger partial charge is 0.418 e. The van der Waals surface area contributed by atoms with Crippen molar-refractivity contribution in [1.82, 2.24) is 9.88 Å². The molecule has 12 heteroatoms. The fraction of sp³-hybridized carbons (Fsp3) is 0.259. The molecular weight excluding hydrogens is 546 g/mol. The first kappa shape index (κ1) is 28.5. The molecule has 4 rings (SSSR count). The second kappa shape index (κ2) is 12.1. The number of aromatic nitrogens is 1. The highest BCUT2D eigenvalue weighted by molar-refractivity contribution is 7.99. The second-order valence-corrected chi connectivity index (χ2v) is 9.47. The summed E-state index contributed by atoms with van der Waals surface area (Å²) in [5.74, 6) is -0.294. The van der Waals surface area contributed by atoms with Crippen LogP contribution in [0.4, 0.5) is 26.3 Å². The zero-order valence-electron chi connectivity index (χ0n) is 20.3. The Morgan fingerprint density at radius 2 is 1.72 bits per heavy atom. The highest BCUT2D eigenvalue weighted by atomic mass is 32.2. The van der Waals surface area contributed by atoms with Crippen molar-refractivity contribution in [1.29, 1.82) is 0 Å². The fourth-order valence-corrected chi connectivity index (χ4v) is 4.89. The van der Waals surface area contributed by atoms with E-state index in [-0.39, 0.29) is 37.8 Å². The summed E-state index contributed by atoms with van der Waals surface area (Å²) in [5.41, 5.74) is -3.80. The summed E-state index contributed by atoms with van der Waals surface area (Å²) in [6.45, 7) is 1.12. The highest BCUT2D eigenvalue weighted by Crippen LogP contribution is 2.48. The predicted octanol–water partition coefficient (Wildman–Crippen LogP) is 6.72. The van der Waals surface area contributed by atoms with Gasteiger partial charge in [-0.15, -0.1) is 0 Å². The molecule has 2 heterocycles. The lowest BCUT2D eigenvalue weighted by atomic mass is 9.99. The molecule has 1 aromatic heterocycles. The van der Waals surface area contributed by atoms with Gasteiger partial charge in [-0.1, -0.05) is 30.0 Å². The molecule has 0 spiro atoms. The predicted molar refractivity (Wildman–Crippen MR) is 132 cm³/mol. The number of hydrogen-bond donors (Lipinski definition) is 0. The summed E-state index contributed by atoms with van der Waals surface area (Å²) < 4.78 is 95.4. The molecule has 0 radical (unpaired) electrons. The Labute approximate surface area is 224 Å². The number of carbonyl (C=O) groups is 1. The Balaban J connectivity index is 1.65. The molecule has 3 aromatic rings.